The molecule has 90 valence electrons. The molecule has 0 radical (unpaired) electrons. The van der Waals surface area contributed by atoms with E-state index in [4.69, 9.17) is 16.3 Å². The van der Waals surface area contributed by atoms with Gasteiger partial charge in [-0.25, -0.2) is 0 Å². The van der Waals surface area contributed by atoms with E-state index in [0.29, 0.717) is 18.2 Å². The maximum Gasteiger partial charge on any atom is 0.0834 e. The lowest BCUT2D eigenvalue weighted by molar-refractivity contribution is 0.181. The summed E-state index contributed by atoms with van der Waals surface area (Å²) in [4.78, 5) is 0. The monoisotopic (exact) mass is 243 g/mol. The highest BCUT2D eigenvalue weighted by molar-refractivity contribution is 6.31. The van der Waals surface area contributed by atoms with E-state index in [2.05, 4.69) is 17.0 Å². The first-order chi connectivity index (χ1) is 7.74. The predicted octanol–water partition coefficient (Wildman–Crippen LogP) is 2.02. The molecule has 5 heteroatoms. The van der Waals surface area contributed by atoms with E-state index in [1.165, 1.54) is 0 Å². The van der Waals surface area contributed by atoms with Gasteiger partial charge in [-0.3, -0.25) is 4.68 Å². The maximum absolute atomic E-state index is 6.13. The lowest BCUT2D eigenvalue weighted by atomic mass is 10.1. The summed E-state index contributed by atoms with van der Waals surface area (Å²) in [6.07, 6.45) is 4.35. The molecule has 1 rings (SSSR count). The summed E-state index contributed by atoms with van der Waals surface area (Å²) < 4.78 is 6.91. The minimum atomic E-state index is 0.143. The predicted molar refractivity (Wildman–Crippen MR) is 65.7 cm³/mol. The quantitative estimate of drug-likeness (QED) is 0.745. The first kappa shape index (κ1) is 13.2. The van der Waals surface area contributed by atoms with Crippen LogP contribution in [0.4, 0.5) is 0 Å². The van der Waals surface area contributed by atoms with Crippen LogP contribution in [0.5, 0.6) is 0 Å². The number of methoxy groups -OCH3 is 1. The van der Waals surface area contributed by atoms with E-state index in [9.17, 15) is 0 Å². The van der Waals surface area contributed by atoms with E-state index in [-0.39, 0.29) is 6.04 Å². The van der Waals surface area contributed by atoms with Gasteiger partial charge in [0.2, 0.25) is 0 Å². The minimum absolute atomic E-state index is 0.143. The van der Waals surface area contributed by atoms with Crippen molar-refractivity contribution in [2.75, 3.05) is 20.8 Å². The van der Waals surface area contributed by atoms with E-state index >= 15 is 0 Å². The van der Waals surface area contributed by atoms with Crippen molar-refractivity contribution in [3.8, 4) is 0 Å². The molecular weight excluding hydrogens is 226 g/mol. The molecule has 0 aliphatic heterocycles. The van der Waals surface area contributed by atoms with Crippen LogP contribution in [-0.4, -0.2) is 30.5 Å². The van der Waals surface area contributed by atoms with Crippen LogP contribution in [-0.2, 0) is 11.3 Å². The van der Waals surface area contributed by atoms with Crippen molar-refractivity contribution < 1.29 is 4.74 Å². The molecule has 0 saturated carbocycles. The molecule has 0 fully saturated rings. The lowest BCUT2D eigenvalue weighted by Crippen LogP contribution is -2.21. The van der Waals surface area contributed by atoms with E-state index in [1.54, 1.807) is 13.3 Å². The Bertz CT molecular complexity index is 338. The van der Waals surface area contributed by atoms with Crippen molar-refractivity contribution in [3.63, 3.8) is 0 Å². The molecule has 16 heavy (non-hydrogen) atoms. The van der Waals surface area contributed by atoms with Gasteiger partial charge < -0.3 is 10.1 Å². The molecule has 0 amide bonds. The fourth-order valence-electron chi connectivity index (χ4n) is 1.61. The number of ether oxygens (including phenoxy) is 1. The Morgan fingerprint density at radius 3 is 3.06 bits per heavy atom. The summed E-state index contributed by atoms with van der Waals surface area (Å²) in [7, 11) is 3.57. The molecule has 1 atom stereocenters. The third-order valence-electron chi connectivity index (χ3n) is 2.42. The van der Waals surface area contributed by atoms with Crippen molar-refractivity contribution in [2.45, 2.75) is 19.0 Å². The Morgan fingerprint density at radius 1 is 1.75 bits per heavy atom. The normalized spacial score (nSPS) is 12.7. The molecule has 0 spiro atoms. The first-order valence-corrected chi connectivity index (χ1v) is 5.60. The van der Waals surface area contributed by atoms with Crippen LogP contribution in [0, 0.1) is 0 Å². The van der Waals surface area contributed by atoms with Crippen LogP contribution >= 0.6 is 11.6 Å². The number of rotatable bonds is 7. The zero-order chi connectivity index (χ0) is 12.0. The standard InChI is InChI=1S/C11H18ClN3O/c1-4-5-10(13-2)11-9(12)8-14-15(11)6-7-16-3/h4,8,10,13H,1,5-7H2,2-3H3. The van der Waals surface area contributed by atoms with Gasteiger partial charge in [-0.15, -0.1) is 6.58 Å². The number of hydrogen-bond acceptors (Lipinski definition) is 3. The molecule has 0 aliphatic rings. The Labute approximate surface area is 101 Å². The van der Waals surface area contributed by atoms with Crippen LogP contribution in [0.3, 0.4) is 0 Å². The Morgan fingerprint density at radius 2 is 2.50 bits per heavy atom. The summed E-state index contributed by atoms with van der Waals surface area (Å²) in [5, 5.41) is 8.12. The summed E-state index contributed by atoms with van der Waals surface area (Å²) in [6.45, 7) is 5.07. The Balaban J connectivity index is 2.89. The second-order valence-corrected chi connectivity index (χ2v) is 3.87. The topological polar surface area (TPSA) is 39.1 Å². The fourth-order valence-corrected chi connectivity index (χ4v) is 1.88. The molecule has 0 aliphatic carbocycles. The molecule has 0 saturated heterocycles. The highest BCUT2D eigenvalue weighted by Crippen LogP contribution is 2.25. The highest BCUT2D eigenvalue weighted by Gasteiger charge is 2.17. The molecule has 1 aromatic rings. The molecule has 1 heterocycles. The van der Waals surface area contributed by atoms with Crippen LogP contribution in [0.15, 0.2) is 18.9 Å². The van der Waals surface area contributed by atoms with Crippen LogP contribution in [0.25, 0.3) is 0 Å². The second kappa shape index (κ2) is 6.68. The number of nitrogens with zero attached hydrogens (tertiary/aromatic N) is 2. The van der Waals surface area contributed by atoms with Crippen LogP contribution < -0.4 is 5.32 Å². The SMILES string of the molecule is C=CCC(NC)c1c(Cl)cnn1CCOC. The molecule has 0 bridgehead atoms. The average Bonchev–Trinajstić information content (AvgIpc) is 2.65. The van der Waals surface area contributed by atoms with Crippen molar-refractivity contribution in [1.29, 1.82) is 0 Å². The first-order valence-electron chi connectivity index (χ1n) is 5.22. The van der Waals surface area contributed by atoms with Gasteiger partial charge in [0.1, 0.15) is 0 Å². The summed E-state index contributed by atoms with van der Waals surface area (Å²) in [5.41, 5.74) is 0.987. The molecule has 1 aromatic heterocycles. The molecule has 0 aromatic carbocycles. The third kappa shape index (κ3) is 3.07. The lowest BCUT2D eigenvalue weighted by Gasteiger charge is -2.17. The molecule has 4 nitrogen and oxygen atoms in total. The number of aromatic nitrogens is 2. The Kier molecular flexibility index (Phi) is 5.52. The number of hydrogen-bond donors (Lipinski definition) is 1. The number of nitrogens with one attached hydrogen (secondary N) is 1. The van der Waals surface area contributed by atoms with E-state index in [0.717, 1.165) is 12.1 Å². The number of halogens is 1. The fraction of sp³-hybridized carbons (Fsp3) is 0.545. The molecule has 1 unspecified atom stereocenters. The van der Waals surface area contributed by atoms with Gasteiger partial charge in [-0.2, -0.15) is 5.10 Å². The van der Waals surface area contributed by atoms with Gasteiger partial charge in [0.25, 0.3) is 0 Å². The second-order valence-electron chi connectivity index (χ2n) is 3.46. The summed E-state index contributed by atoms with van der Waals surface area (Å²) >= 11 is 6.13. The Hall–Kier alpha value is -0.840. The van der Waals surface area contributed by atoms with Gasteiger partial charge in [0.05, 0.1) is 36.1 Å². The largest absolute Gasteiger partial charge is 0.383 e. The third-order valence-corrected chi connectivity index (χ3v) is 2.71. The molecular formula is C11H18ClN3O. The van der Waals surface area contributed by atoms with Gasteiger partial charge in [0, 0.05) is 7.11 Å². The highest BCUT2D eigenvalue weighted by atomic mass is 35.5. The van der Waals surface area contributed by atoms with E-state index < -0.39 is 0 Å². The summed E-state index contributed by atoms with van der Waals surface area (Å²) in [6, 6.07) is 0.143. The van der Waals surface area contributed by atoms with Crippen molar-refractivity contribution >= 4 is 11.6 Å². The minimum Gasteiger partial charge on any atom is -0.383 e. The van der Waals surface area contributed by atoms with Gasteiger partial charge >= 0.3 is 0 Å². The smallest absolute Gasteiger partial charge is 0.0834 e. The van der Waals surface area contributed by atoms with Crippen molar-refractivity contribution in [1.82, 2.24) is 15.1 Å². The van der Waals surface area contributed by atoms with Crippen molar-refractivity contribution in [3.05, 3.63) is 29.6 Å². The molecule has 1 N–H and O–H groups in total. The van der Waals surface area contributed by atoms with E-state index in [1.807, 2.05) is 17.8 Å². The summed E-state index contributed by atoms with van der Waals surface area (Å²) in [5.74, 6) is 0. The van der Waals surface area contributed by atoms with Gasteiger partial charge in [-0.1, -0.05) is 17.7 Å². The van der Waals surface area contributed by atoms with Crippen LogP contribution in [0.1, 0.15) is 18.2 Å². The zero-order valence-electron chi connectivity index (χ0n) is 9.74. The average molecular weight is 244 g/mol. The maximum atomic E-state index is 6.13. The zero-order valence-corrected chi connectivity index (χ0v) is 10.5. The van der Waals surface area contributed by atoms with Crippen molar-refractivity contribution in [2.24, 2.45) is 0 Å². The van der Waals surface area contributed by atoms with Gasteiger partial charge in [-0.05, 0) is 13.5 Å². The van der Waals surface area contributed by atoms with Crippen LogP contribution in [0.2, 0.25) is 5.02 Å². The van der Waals surface area contributed by atoms with Gasteiger partial charge in [0.15, 0.2) is 0 Å².